The van der Waals surface area contributed by atoms with Crippen molar-refractivity contribution < 1.29 is 19.4 Å². The highest BCUT2D eigenvalue weighted by atomic mass is 16.5. The molecule has 2 N–H and O–H groups in total. The van der Waals surface area contributed by atoms with Gasteiger partial charge in [-0.25, -0.2) is 0 Å². The maximum atomic E-state index is 12.1. The van der Waals surface area contributed by atoms with E-state index in [9.17, 15) is 14.7 Å². The number of hydrogen-bond acceptors (Lipinski definition) is 4. The van der Waals surface area contributed by atoms with Gasteiger partial charge in [-0.05, 0) is 43.3 Å². The Hall–Kier alpha value is -2.82. The van der Waals surface area contributed by atoms with Crippen LogP contribution in [0.4, 0.5) is 5.69 Å². The van der Waals surface area contributed by atoms with E-state index in [0.717, 1.165) is 0 Å². The van der Waals surface area contributed by atoms with E-state index in [0.29, 0.717) is 17.0 Å². The zero-order chi connectivity index (χ0) is 15.4. The van der Waals surface area contributed by atoms with Crippen molar-refractivity contribution in [2.24, 2.45) is 0 Å². The summed E-state index contributed by atoms with van der Waals surface area (Å²) in [7, 11) is 1.48. The van der Waals surface area contributed by atoms with Crippen LogP contribution in [0.1, 0.15) is 27.6 Å². The van der Waals surface area contributed by atoms with Gasteiger partial charge >= 0.3 is 0 Å². The summed E-state index contributed by atoms with van der Waals surface area (Å²) in [5.74, 6) is -0.173. The van der Waals surface area contributed by atoms with Gasteiger partial charge in [-0.15, -0.1) is 0 Å². The molecule has 0 saturated heterocycles. The standard InChI is InChI=1S/C16H15NO4/c1-10(18)11-3-5-12(6-4-11)17-16(20)14-8-7-13(21-2)9-15(14)19/h3-9,19H,1-2H3,(H,17,20). The molecule has 2 aromatic carbocycles. The normalized spacial score (nSPS) is 10.0. The van der Waals surface area contributed by atoms with Gasteiger partial charge in [0.15, 0.2) is 5.78 Å². The molecule has 0 aliphatic carbocycles. The Morgan fingerprint density at radius 3 is 2.29 bits per heavy atom. The molecule has 5 heteroatoms. The first-order valence-corrected chi connectivity index (χ1v) is 6.30. The molecule has 0 saturated carbocycles. The molecular weight excluding hydrogens is 270 g/mol. The summed E-state index contributed by atoms with van der Waals surface area (Å²) in [4.78, 5) is 23.2. The van der Waals surface area contributed by atoms with E-state index >= 15 is 0 Å². The number of carbonyl (C=O) groups excluding carboxylic acids is 2. The molecule has 0 spiro atoms. The van der Waals surface area contributed by atoms with Gasteiger partial charge in [-0.3, -0.25) is 9.59 Å². The predicted molar refractivity (Wildman–Crippen MR) is 79.1 cm³/mol. The number of carbonyl (C=O) groups is 2. The third-order valence-electron chi connectivity index (χ3n) is 3.00. The number of anilines is 1. The third-order valence-corrected chi connectivity index (χ3v) is 3.00. The lowest BCUT2D eigenvalue weighted by Gasteiger charge is -2.08. The van der Waals surface area contributed by atoms with E-state index in [4.69, 9.17) is 4.74 Å². The quantitative estimate of drug-likeness (QED) is 0.847. The van der Waals surface area contributed by atoms with Crippen LogP contribution in [-0.2, 0) is 0 Å². The van der Waals surface area contributed by atoms with E-state index in [-0.39, 0.29) is 17.1 Å². The van der Waals surface area contributed by atoms with Crippen LogP contribution in [0.5, 0.6) is 11.5 Å². The maximum Gasteiger partial charge on any atom is 0.259 e. The lowest BCUT2D eigenvalue weighted by Crippen LogP contribution is -2.12. The van der Waals surface area contributed by atoms with Gasteiger partial charge < -0.3 is 15.2 Å². The number of methoxy groups -OCH3 is 1. The largest absolute Gasteiger partial charge is 0.507 e. The van der Waals surface area contributed by atoms with E-state index < -0.39 is 5.91 Å². The summed E-state index contributed by atoms with van der Waals surface area (Å²) >= 11 is 0. The molecule has 0 heterocycles. The van der Waals surface area contributed by atoms with Crippen molar-refractivity contribution in [2.75, 3.05) is 12.4 Å². The third kappa shape index (κ3) is 3.39. The number of aromatic hydroxyl groups is 1. The first-order chi connectivity index (χ1) is 10.0. The first kappa shape index (κ1) is 14.6. The number of ketones is 1. The van der Waals surface area contributed by atoms with Gasteiger partial charge in [0.25, 0.3) is 5.91 Å². The monoisotopic (exact) mass is 285 g/mol. The Bertz CT molecular complexity index is 677. The number of benzene rings is 2. The SMILES string of the molecule is COc1ccc(C(=O)Nc2ccc(C(C)=O)cc2)c(O)c1. The number of Topliss-reactive ketones (excluding diaryl/α,β-unsaturated/α-hetero) is 1. The average Bonchev–Trinajstić information content (AvgIpc) is 2.47. The van der Waals surface area contributed by atoms with Gasteiger partial charge in [0.2, 0.25) is 0 Å². The van der Waals surface area contributed by atoms with Crippen molar-refractivity contribution in [3.05, 3.63) is 53.6 Å². The Morgan fingerprint density at radius 1 is 1.10 bits per heavy atom. The number of ether oxygens (including phenoxy) is 1. The van der Waals surface area contributed by atoms with Crippen molar-refractivity contribution in [2.45, 2.75) is 6.92 Å². The van der Waals surface area contributed by atoms with Crippen molar-refractivity contribution in [3.8, 4) is 11.5 Å². The van der Waals surface area contributed by atoms with E-state index in [1.54, 1.807) is 30.3 Å². The maximum absolute atomic E-state index is 12.1. The van der Waals surface area contributed by atoms with Crippen molar-refractivity contribution in [1.82, 2.24) is 0 Å². The van der Waals surface area contributed by atoms with Crippen LogP contribution < -0.4 is 10.1 Å². The number of hydrogen-bond donors (Lipinski definition) is 2. The summed E-state index contributed by atoms with van der Waals surface area (Å²) in [6.45, 7) is 1.48. The Kier molecular flexibility index (Phi) is 4.23. The number of nitrogens with one attached hydrogen (secondary N) is 1. The number of phenolic OH excluding ortho intramolecular Hbond substituents is 1. The fraction of sp³-hybridized carbons (Fsp3) is 0.125. The van der Waals surface area contributed by atoms with Gasteiger partial charge in [-0.2, -0.15) is 0 Å². The highest BCUT2D eigenvalue weighted by Crippen LogP contribution is 2.24. The Labute approximate surface area is 122 Å². The first-order valence-electron chi connectivity index (χ1n) is 6.30. The van der Waals surface area contributed by atoms with Gasteiger partial charge in [0, 0.05) is 17.3 Å². The fourth-order valence-corrected chi connectivity index (χ4v) is 1.82. The molecule has 1 amide bonds. The van der Waals surface area contributed by atoms with Crippen LogP contribution in [0.25, 0.3) is 0 Å². The fourth-order valence-electron chi connectivity index (χ4n) is 1.82. The molecule has 5 nitrogen and oxygen atoms in total. The van der Waals surface area contributed by atoms with Gasteiger partial charge in [-0.1, -0.05) is 0 Å². The van der Waals surface area contributed by atoms with Crippen LogP contribution in [0.2, 0.25) is 0 Å². The predicted octanol–water partition coefficient (Wildman–Crippen LogP) is 2.86. The average molecular weight is 285 g/mol. The van der Waals surface area contributed by atoms with Crippen LogP contribution in [0, 0.1) is 0 Å². The minimum absolute atomic E-state index is 0.0410. The molecule has 2 aromatic rings. The molecule has 0 aliphatic heterocycles. The molecule has 0 atom stereocenters. The van der Waals surface area contributed by atoms with Crippen molar-refractivity contribution in [3.63, 3.8) is 0 Å². The Morgan fingerprint density at radius 2 is 1.76 bits per heavy atom. The molecule has 0 unspecified atom stereocenters. The number of amides is 1. The lowest BCUT2D eigenvalue weighted by molar-refractivity contribution is 0.101. The van der Waals surface area contributed by atoms with Crippen LogP contribution in [-0.4, -0.2) is 23.9 Å². The number of rotatable bonds is 4. The summed E-state index contributed by atoms with van der Waals surface area (Å²) in [6, 6.07) is 11.0. The molecule has 0 radical (unpaired) electrons. The summed E-state index contributed by atoms with van der Waals surface area (Å²) in [5, 5.41) is 12.5. The smallest absolute Gasteiger partial charge is 0.259 e. The molecule has 2 rings (SSSR count). The molecule has 0 fully saturated rings. The minimum atomic E-state index is -0.439. The van der Waals surface area contributed by atoms with Crippen molar-refractivity contribution >= 4 is 17.4 Å². The molecular formula is C16H15NO4. The molecule has 0 bridgehead atoms. The minimum Gasteiger partial charge on any atom is -0.507 e. The van der Waals surface area contributed by atoms with Gasteiger partial charge in [0.1, 0.15) is 11.5 Å². The molecule has 21 heavy (non-hydrogen) atoms. The summed E-state index contributed by atoms with van der Waals surface area (Å²) < 4.78 is 4.96. The number of phenols is 1. The second-order valence-corrected chi connectivity index (χ2v) is 4.47. The highest BCUT2D eigenvalue weighted by Gasteiger charge is 2.12. The van der Waals surface area contributed by atoms with Crippen LogP contribution >= 0.6 is 0 Å². The molecule has 0 aromatic heterocycles. The van der Waals surface area contributed by atoms with E-state index in [1.165, 1.54) is 26.2 Å². The Balaban J connectivity index is 2.16. The van der Waals surface area contributed by atoms with E-state index in [2.05, 4.69) is 5.32 Å². The van der Waals surface area contributed by atoms with Crippen molar-refractivity contribution in [1.29, 1.82) is 0 Å². The second-order valence-electron chi connectivity index (χ2n) is 4.47. The zero-order valence-corrected chi connectivity index (χ0v) is 11.7. The van der Waals surface area contributed by atoms with Gasteiger partial charge in [0.05, 0.1) is 12.7 Å². The highest BCUT2D eigenvalue weighted by molar-refractivity contribution is 6.06. The lowest BCUT2D eigenvalue weighted by atomic mass is 10.1. The van der Waals surface area contributed by atoms with E-state index in [1.807, 2.05) is 0 Å². The molecule has 108 valence electrons. The van der Waals surface area contributed by atoms with Crippen LogP contribution in [0.15, 0.2) is 42.5 Å². The summed E-state index contributed by atoms with van der Waals surface area (Å²) in [6.07, 6.45) is 0. The van der Waals surface area contributed by atoms with Crippen LogP contribution in [0.3, 0.4) is 0 Å². The second kappa shape index (κ2) is 6.09. The summed E-state index contributed by atoms with van der Waals surface area (Å²) in [5.41, 5.74) is 1.26. The topological polar surface area (TPSA) is 75.6 Å². The molecule has 0 aliphatic rings. The zero-order valence-electron chi connectivity index (χ0n) is 11.7.